The lowest BCUT2D eigenvalue weighted by atomic mass is 10.1. The number of H-pyrrole nitrogens is 1. The first kappa shape index (κ1) is 17.4. The molecule has 0 amide bonds. The van der Waals surface area contributed by atoms with Gasteiger partial charge in [-0.05, 0) is 23.8 Å². The van der Waals surface area contributed by atoms with Crippen LogP contribution in [0, 0.1) is 10.1 Å². The van der Waals surface area contributed by atoms with Crippen LogP contribution in [0.25, 0.3) is 11.4 Å². The van der Waals surface area contributed by atoms with E-state index in [1.807, 2.05) is 18.2 Å². The van der Waals surface area contributed by atoms with E-state index in [1.165, 1.54) is 25.3 Å². The Bertz CT molecular complexity index is 940. The van der Waals surface area contributed by atoms with Gasteiger partial charge in [-0.3, -0.25) is 15.2 Å². The van der Waals surface area contributed by atoms with Crippen molar-refractivity contribution in [3.63, 3.8) is 0 Å². The second-order valence-corrected chi connectivity index (χ2v) is 5.44. The number of ether oxygens (including phenoxy) is 2. The zero-order chi connectivity index (χ0) is 18.7. The summed E-state index contributed by atoms with van der Waals surface area (Å²) in [5, 5.41) is 17.9. The fourth-order valence-electron chi connectivity index (χ4n) is 2.51. The molecule has 2 aromatic carbocycles. The van der Waals surface area contributed by atoms with Crippen molar-refractivity contribution < 1.29 is 14.4 Å². The topological polar surface area (TPSA) is 129 Å². The van der Waals surface area contributed by atoms with Crippen molar-refractivity contribution in [3.05, 3.63) is 64.0 Å². The standard InChI is InChI=1S/C17H17N5O4/c1-25-12-5-3-4-10(8-12)15(18)17-19-16(20-21-17)13-9-11(22(23)24)6-7-14(13)26-2/h3-9,15H,18H2,1-2H3,(H,19,20,21)/t15-/m0/s1. The molecule has 3 N–H and O–H groups in total. The summed E-state index contributed by atoms with van der Waals surface area (Å²) in [7, 11) is 3.05. The second-order valence-electron chi connectivity index (χ2n) is 5.44. The monoisotopic (exact) mass is 355 g/mol. The lowest BCUT2D eigenvalue weighted by molar-refractivity contribution is -0.384. The van der Waals surface area contributed by atoms with Crippen LogP contribution in [0.3, 0.4) is 0 Å². The van der Waals surface area contributed by atoms with Gasteiger partial charge in [-0.15, -0.1) is 0 Å². The van der Waals surface area contributed by atoms with E-state index in [-0.39, 0.29) is 11.5 Å². The zero-order valence-electron chi connectivity index (χ0n) is 14.2. The maximum atomic E-state index is 11.0. The Morgan fingerprint density at radius 1 is 1.19 bits per heavy atom. The van der Waals surface area contributed by atoms with Gasteiger partial charge in [0.2, 0.25) is 0 Å². The number of nitro groups is 1. The highest BCUT2D eigenvalue weighted by Gasteiger charge is 2.19. The molecule has 0 fully saturated rings. The van der Waals surface area contributed by atoms with Crippen LogP contribution in [0.1, 0.15) is 17.4 Å². The van der Waals surface area contributed by atoms with Crippen LogP contribution in [0.4, 0.5) is 5.69 Å². The number of benzene rings is 2. The van der Waals surface area contributed by atoms with Crippen LogP contribution >= 0.6 is 0 Å². The molecule has 3 rings (SSSR count). The van der Waals surface area contributed by atoms with Crippen molar-refractivity contribution in [1.82, 2.24) is 15.2 Å². The van der Waals surface area contributed by atoms with Crippen molar-refractivity contribution in [3.8, 4) is 22.9 Å². The van der Waals surface area contributed by atoms with Crippen LogP contribution < -0.4 is 15.2 Å². The number of non-ortho nitro benzene ring substituents is 1. The van der Waals surface area contributed by atoms with Crippen molar-refractivity contribution in [2.75, 3.05) is 14.2 Å². The van der Waals surface area contributed by atoms with E-state index in [4.69, 9.17) is 15.2 Å². The third-order valence-corrected chi connectivity index (χ3v) is 3.88. The molecule has 1 heterocycles. The minimum atomic E-state index is -0.559. The van der Waals surface area contributed by atoms with Crippen LogP contribution in [-0.4, -0.2) is 34.3 Å². The molecule has 0 aliphatic heterocycles. The van der Waals surface area contributed by atoms with Gasteiger partial charge in [0, 0.05) is 12.1 Å². The van der Waals surface area contributed by atoms with E-state index in [1.54, 1.807) is 13.2 Å². The van der Waals surface area contributed by atoms with Gasteiger partial charge in [0.15, 0.2) is 5.82 Å². The summed E-state index contributed by atoms with van der Waals surface area (Å²) < 4.78 is 10.5. The lowest BCUT2D eigenvalue weighted by Gasteiger charge is -2.10. The normalized spacial score (nSPS) is 11.8. The maximum absolute atomic E-state index is 11.0. The lowest BCUT2D eigenvalue weighted by Crippen LogP contribution is -2.13. The molecule has 1 atom stereocenters. The third kappa shape index (κ3) is 3.33. The molecular weight excluding hydrogens is 338 g/mol. The highest BCUT2D eigenvalue weighted by Crippen LogP contribution is 2.32. The number of rotatable bonds is 6. The van der Waals surface area contributed by atoms with Crippen molar-refractivity contribution >= 4 is 5.69 Å². The van der Waals surface area contributed by atoms with Gasteiger partial charge in [0.05, 0.1) is 30.7 Å². The third-order valence-electron chi connectivity index (χ3n) is 3.88. The summed E-state index contributed by atoms with van der Waals surface area (Å²) in [4.78, 5) is 14.9. The fraction of sp³-hybridized carbons (Fsp3) is 0.176. The number of nitrogens with zero attached hydrogens (tertiary/aromatic N) is 3. The van der Waals surface area contributed by atoms with E-state index in [2.05, 4.69) is 15.2 Å². The fourth-order valence-corrected chi connectivity index (χ4v) is 2.51. The molecule has 3 aromatic rings. The highest BCUT2D eigenvalue weighted by molar-refractivity contribution is 5.67. The van der Waals surface area contributed by atoms with Gasteiger partial charge in [-0.2, -0.15) is 5.10 Å². The molecule has 0 saturated carbocycles. The van der Waals surface area contributed by atoms with E-state index in [9.17, 15) is 10.1 Å². The molecule has 9 nitrogen and oxygen atoms in total. The van der Waals surface area contributed by atoms with Crippen LogP contribution in [-0.2, 0) is 0 Å². The number of nitro benzene ring substituents is 1. The summed E-state index contributed by atoms with van der Waals surface area (Å²) in [5.41, 5.74) is 7.37. The summed E-state index contributed by atoms with van der Waals surface area (Å²) in [5.74, 6) is 1.79. The Labute approximate surface area is 148 Å². The summed E-state index contributed by atoms with van der Waals surface area (Å²) >= 11 is 0. The first-order valence-corrected chi connectivity index (χ1v) is 7.68. The summed E-state index contributed by atoms with van der Waals surface area (Å²) in [6.07, 6.45) is 0. The number of aromatic amines is 1. The van der Waals surface area contributed by atoms with E-state index >= 15 is 0 Å². The quantitative estimate of drug-likeness (QED) is 0.513. The number of nitrogens with one attached hydrogen (secondary N) is 1. The Morgan fingerprint density at radius 3 is 2.69 bits per heavy atom. The molecule has 0 aliphatic carbocycles. The van der Waals surface area contributed by atoms with Crippen molar-refractivity contribution in [2.24, 2.45) is 5.73 Å². The molecule has 0 unspecified atom stereocenters. The van der Waals surface area contributed by atoms with Gasteiger partial charge in [-0.25, -0.2) is 4.98 Å². The van der Waals surface area contributed by atoms with Crippen molar-refractivity contribution in [2.45, 2.75) is 6.04 Å². The van der Waals surface area contributed by atoms with E-state index in [0.29, 0.717) is 22.9 Å². The molecule has 0 saturated heterocycles. The number of methoxy groups -OCH3 is 2. The first-order chi connectivity index (χ1) is 12.5. The van der Waals surface area contributed by atoms with Gasteiger partial charge in [-0.1, -0.05) is 12.1 Å². The molecule has 0 bridgehead atoms. The minimum absolute atomic E-state index is 0.0794. The van der Waals surface area contributed by atoms with Gasteiger partial charge < -0.3 is 15.2 Å². The Hall–Kier alpha value is -3.46. The number of nitrogens with two attached hydrogens (primary N) is 1. The molecular formula is C17H17N5O4. The number of hydrogen-bond acceptors (Lipinski definition) is 7. The predicted octanol–water partition coefficient (Wildman–Crippen LogP) is 2.45. The van der Waals surface area contributed by atoms with Gasteiger partial charge in [0.25, 0.3) is 5.69 Å². The Balaban J connectivity index is 1.97. The SMILES string of the molecule is COc1cccc([C@H](N)c2nc(-c3cc([N+](=O)[O-])ccc3OC)n[nH]2)c1. The van der Waals surface area contributed by atoms with Crippen LogP contribution in [0.2, 0.25) is 0 Å². The maximum Gasteiger partial charge on any atom is 0.270 e. The van der Waals surface area contributed by atoms with Gasteiger partial charge >= 0.3 is 0 Å². The zero-order valence-corrected chi connectivity index (χ0v) is 14.2. The average molecular weight is 355 g/mol. The van der Waals surface area contributed by atoms with Gasteiger partial charge in [0.1, 0.15) is 17.3 Å². The summed E-state index contributed by atoms with van der Waals surface area (Å²) in [6.45, 7) is 0. The Kier molecular flexibility index (Phi) is 4.81. The van der Waals surface area contributed by atoms with Crippen LogP contribution in [0.5, 0.6) is 11.5 Å². The highest BCUT2D eigenvalue weighted by atomic mass is 16.6. The summed E-state index contributed by atoms with van der Waals surface area (Å²) in [6, 6.07) is 11.0. The molecule has 0 aliphatic rings. The second kappa shape index (κ2) is 7.19. The average Bonchev–Trinajstić information content (AvgIpc) is 3.16. The predicted molar refractivity (Wildman–Crippen MR) is 94.0 cm³/mol. The largest absolute Gasteiger partial charge is 0.497 e. The molecule has 1 aromatic heterocycles. The Morgan fingerprint density at radius 2 is 2.00 bits per heavy atom. The molecule has 0 radical (unpaired) electrons. The smallest absolute Gasteiger partial charge is 0.270 e. The van der Waals surface area contributed by atoms with Crippen molar-refractivity contribution in [1.29, 1.82) is 0 Å². The van der Waals surface area contributed by atoms with E-state index in [0.717, 1.165) is 5.56 Å². The van der Waals surface area contributed by atoms with Crippen LogP contribution in [0.15, 0.2) is 42.5 Å². The molecule has 0 spiro atoms. The number of aromatic nitrogens is 3. The molecule has 134 valence electrons. The molecule has 9 heteroatoms. The van der Waals surface area contributed by atoms with E-state index < -0.39 is 11.0 Å². The molecule has 26 heavy (non-hydrogen) atoms. The first-order valence-electron chi connectivity index (χ1n) is 7.68. The minimum Gasteiger partial charge on any atom is -0.497 e. The number of hydrogen-bond donors (Lipinski definition) is 2.